The van der Waals surface area contributed by atoms with Crippen molar-refractivity contribution in [2.45, 2.75) is 33.7 Å². The predicted molar refractivity (Wildman–Crippen MR) is 77.6 cm³/mol. The van der Waals surface area contributed by atoms with Crippen molar-refractivity contribution >= 4 is 17.7 Å². The minimum Gasteiger partial charge on any atom is -0.338 e. The molecule has 3 amide bonds. The molecule has 1 aromatic heterocycles. The first-order chi connectivity index (χ1) is 9.88. The Bertz CT molecular complexity index is 527. The second-order valence-electron chi connectivity index (χ2n) is 5.31. The van der Waals surface area contributed by atoms with Gasteiger partial charge in [0.2, 0.25) is 6.54 Å². The second-order valence-corrected chi connectivity index (χ2v) is 5.31. The predicted octanol–water partition coefficient (Wildman–Crippen LogP) is 1.05. The van der Waals surface area contributed by atoms with E-state index in [1.807, 2.05) is 0 Å². The minimum absolute atomic E-state index is 0.0152. The van der Waals surface area contributed by atoms with E-state index in [1.165, 1.54) is 6.92 Å². The lowest BCUT2D eigenvalue weighted by atomic mass is 10.1. The molecule has 0 aliphatic rings. The number of rotatable bonds is 6. The first kappa shape index (κ1) is 16.8. The molecule has 0 bridgehead atoms. The lowest BCUT2D eigenvalue weighted by Gasteiger charge is -2.07. The summed E-state index contributed by atoms with van der Waals surface area (Å²) in [5.74, 6) is -0.00943. The maximum Gasteiger partial charge on any atom is 0.321 e. The van der Waals surface area contributed by atoms with Crippen molar-refractivity contribution in [2.75, 3.05) is 6.54 Å². The van der Waals surface area contributed by atoms with E-state index in [9.17, 15) is 14.4 Å². The summed E-state index contributed by atoms with van der Waals surface area (Å²) in [5, 5.41) is 4.88. The molecule has 0 fully saturated rings. The van der Waals surface area contributed by atoms with Crippen LogP contribution in [0.1, 0.15) is 37.6 Å². The van der Waals surface area contributed by atoms with Gasteiger partial charge in [0.25, 0.3) is 5.91 Å². The molecule has 1 rings (SSSR count). The van der Waals surface area contributed by atoms with Gasteiger partial charge in [0.05, 0.1) is 5.56 Å². The van der Waals surface area contributed by atoms with Crippen molar-refractivity contribution < 1.29 is 19.0 Å². The number of carbonyl (C=O) groups is 3. The Morgan fingerprint density at radius 1 is 1.29 bits per heavy atom. The fourth-order valence-corrected chi connectivity index (χ4v) is 1.68. The standard InChI is InChI=1S/C15H21N3O3/c1-11(2)6-7-16-15(21)17-14(20)10-18-8-4-5-13(9-18)12(3)19/h4-5,8-9,11H,6-7,10H2,1-3H3,(H-,16,17,20,21)/p+1. The zero-order valence-electron chi connectivity index (χ0n) is 12.7. The Morgan fingerprint density at radius 3 is 2.62 bits per heavy atom. The number of hydrogen-bond acceptors (Lipinski definition) is 3. The first-order valence-electron chi connectivity index (χ1n) is 6.96. The van der Waals surface area contributed by atoms with E-state index in [-0.39, 0.29) is 12.3 Å². The molecule has 6 nitrogen and oxygen atoms in total. The number of urea groups is 1. The number of pyridine rings is 1. The summed E-state index contributed by atoms with van der Waals surface area (Å²) in [6.45, 7) is 6.09. The van der Waals surface area contributed by atoms with Gasteiger partial charge < -0.3 is 5.32 Å². The molecule has 1 heterocycles. The van der Waals surface area contributed by atoms with Crippen molar-refractivity contribution in [1.82, 2.24) is 10.6 Å². The number of hydrogen-bond donors (Lipinski definition) is 2. The average molecular weight is 292 g/mol. The molecule has 0 aliphatic heterocycles. The van der Waals surface area contributed by atoms with Crippen LogP contribution in [-0.4, -0.2) is 24.3 Å². The molecule has 0 spiro atoms. The molecule has 0 radical (unpaired) electrons. The van der Waals surface area contributed by atoms with Crippen molar-refractivity contribution in [3.8, 4) is 0 Å². The van der Waals surface area contributed by atoms with Gasteiger partial charge in [-0.25, -0.2) is 4.79 Å². The van der Waals surface area contributed by atoms with Gasteiger partial charge in [-0.05, 0) is 25.3 Å². The van der Waals surface area contributed by atoms with Crippen LogP contribution in [0.15, 0.2) is 24.5 Å². The summed E-state index contributed by atoms with van der Waals surface area (Å²) in [7, 11) is 0. The Kier molecular flexibility index (Phi) is 6.52. The van der Waals surface area contributed by atoms with Crippen molar-refractivity contribution in [1.29, 1.82) is 0 Å². The van der Waals surface area contributed by atoms with Crippen LogP contribution in [0, 0.1) is 5.92 Å². The molecular weight excluding hydrogens is 270 g/mol. The first-order valence-corrected chi connectivity index (χ1v) is 6.96. The lowest BCUT2D eigenvalue weighted by molar-refractivity contribution is -0.684. The summed E-state index contributed by atoms with van der Waals surface area (Å²) >= 11 is 0. The highest BCUT2D eigenvalue weighted by molar-refractivity contribution is 5.94. The normalized spacial score (nSPS) is 10.3. The van der Waals surface area contributed by atoms with E-state index in [0.29, 0.717) is 18.0 Å². The lowest BCUT2D eigenvalue weighted by Crippen LogP contribution is -2.47. The summed E-state index contributed by atoms with van der Waals surface area (Å²) in [4.78, 5) is 34.5. The fraction of sp³-hybridized carbons (Fsp3) is 0.467. The van der Waals surface area contributed by atoms with E-state index in [0.717, 1.165) is 6.42 Å². The molecule has 0 saturated heterocycles. The van der Waals surface area contributed by atoms with Crippen LogP contribution in [-0.2, 0) is 11.3 Å². The monoisotopic (exact) mass is 292 g/mol. The molecule has 0 aliphatic carbocycles. The molecule has 1 aromatic rings. The van der Waals surface area contributed by atoms with Gasteiger partial charge in [-0.2, -0.15) is 4.57 Å². The maximum atomic E-state index is 11.7. The van der Waals surface area contributed by atoms with Crippen molar-refractivity contribution in [3.63, 3.8) is 0 Å². The number of carbonyl (C=O) groups excluding carboxylic acids is 3. The summed E-state index contributed by atoms with van der Waals surface area (Å²) in [5.41, 5.74) is 0.520. The quantitative estimate of drug-likeness (QED) is 0.607. The smallest absolute Gasteiger partial charge is 0.321 e. The number of ketones is 1. The zero-order chi connectivity index (χ0) is 15.8. The van der Waals surface area contributed by atoms with Gasteiger partial charge in [0.1, 0.15) is 0 Å². The minimum atomic E-state index is -0.496. The van der Waals surface area contributed by atoms with Crippen LogP contribution in [0.4, 0.5) is 4.79 Å². The van der Waals surface area contributed by atoms with Crippen molar-refractivity contribution in [3.05, 3.63) is 30.1 Å². The number of Topliss-reactive ketones (excluding diaryl/α,β-unsaturated/α-hetero) is 1. The summed E-state index contributed by atoms with van der Waals surface area (Å²) in [6.07, 6.45) is 4.11. The van der Waals surface area contributed by atoms with Crippen LogP contribution < -0.4 is 15.2 Å². The molecule has 0 saturated carbocycles. The number of nitrogens with zero attached hydrogens (tertiary/aromatic N) is 1. The molecular formula is C15H22N3O3+. The number of nitrogens with one attached hydrogen (secondary N) is 2. The molecule has 0 aromatic carbocycles. The third-order valence-electron chi connectivity index (χ3n) is 2.85. The Morgan fingerprint density at radius 2 is 2.00 bits per heavy atom. The zero-order valence-corrected chi connectivity index (χ0v) is 12.7. The largest absolute Gasteiger partial charge is 0.338 e. The van der Waals surface area contributed by atoms with Gasteiger partial charge in [0.15, 0.2) is 18.2 Å². The highest BCUT2D eigenvalue weighted by atomic mass is 16.2. The Balaban J connectivity index is 2.44. The number of amides is 3. The van der Waals surface area contributed by atoms with E-state index in [1.54, 1.807) is 29.1 Å². The second kappa shape index (κ2) is 8.14. The SMILES string of the molecule is CC(=O)c1ccc[n+](CC(=O)NC(=O)NCCC(C)C)c1. The molecule has 0 unspecified atom stereocenters. The van der Waals surface area contributed by atoms with Gasteiger partial charge in [-0.15, -0.1) is 0 Å². The third kappa shape index (κ3) is 6.65. The Hall–Kier alpha value is -2.24. The fourth-order valence-electron chi connectivity index (χ4n) is 1.68. The summed E-state index contributed by atoms with van der Waals surface area (Å²) < 4.78 is 1.56. The van der Waals surface area contributed by atoms with Gasteiger partial charge >= 0.3 is 6.03 Å². The van der Waals surface area contributed by atoms with Gasteiger partial charge in [-0.1, -0.05) is 13.8 Å². The van der Waals surface area contributed by atoms with Crippen LogP contribution in [0.5, 0.6) is 0 Å². The maximum absolute atomic E-state index is 11.7. The molecule has 21 heavy (non-hydrogen) atoms. The van der Waals surface area contributed by atoms with Crippen LogP contribution >= 0.6 is 0 Å². The highest BCUT2D eigenvalue weighted by Gasteiger charge is 2.14. The van der Waals surface area contributed by atoms with E-state index < -0.39 is 11.9 Å². The number of aromatic nitrogens is 1. The molecule has 2 N–H and O–H groups in total. The highest BCUT2D eigenvalue weighted by Crippen LogP contribution is 1.96. The third-order valence-corrected chi connectivity index (χ3v) is 2.85. The Labute approximate surface area is 124 Å². The topological polar surface area (TPSA) is 79.2 Å². The van der Waals surface area contributed by atoms with E-state index >= 15 is 0 Å². The summed E-state index contributed by atoms with van der Waals surface area (Å²) in [6, 6.07) is 2.87. The van der Waals surface area contributed by atoms with Gasteiger partial charge in [0, 0.05) is 12.6 Å². The van der Waals surface area contributed by atoms with Crippen LogP contribution in [0.2, 0.25) is 0 Å². The average Bonchev–Trinajstić information content (AvgIpc) is 2.38. The van der Waals surface area contributed by atoms with E-state index in [2.05, 4.69) is 24.5 Å². The molecule has 6 heteroatoms. The molecule has 0 atom stereocenters. The van der Waals surface area contributed by atoms with Crippen LogP contribution in [0.3, 0.4) is 0 Å². The molecule has 114 valence electrons. The van der Waals surface area contributed by atoms with Gasteiger partial charge in [-0.3, -0.25) is 14.9 Å². The van der Waals surface area contributed by atoms with Crippen molar-refractivity contribution in [2.24, 2.45) is 5.92 Å². The van der Waals surface area contributed by atoms with Crippen LogP contribution in [0.25, 0.3) is 0 Å². The van der Waals surface area contributed by atoms with E-state index in [4.69, 9.17) is 0 Å². The number of imide groups is 1.